The van der Waals surface area contributed by atoms with E-state index in [1.165, 1.54) is 6.92 Å². The van der Waals surface area contributed by atoms with Crippen molar-refractivity contribution in [2.75, 3.05) is 13.1 Å². The second kappa shape index (κ2) is 9.77. The highest BCUT2D eigenvalue weighted by Gasteiger charge is 2.04. The average Bonchev–Trinajstić information content (AvgIpc) is 2.49. The van der Waals surface area contributed by atoms with Crippen molar-refractivity contribution in [2.24, 2.45) is 0 Å². The number of unbranched alkanes of at least 4 members (excludes halogenated alkanes) is 2. The van der Waals surface area contributed by atoms with Crippen LogP contribution in [-0.4, -0.2) is 35.4 Å². The molecule has 0 fully saturated rings. The van der Waals surface area contributed by atoms with E-state index in [1.54, 1.807) is 0 Å². The van der Waals surface area contributed by atoms with Crippen LogP contribution in [0.4, 0.5) is 4.79 Å². The number of hydrogen-bond acceptors (Lipinski definition) is 4. The molecule has 1 aromatic carbocycles. The number of hydrogen-bond donors (Lipinski definition) is 2. The van der Waals surface area contributed by atoms with Gasteiger partial charge in [-0.05, 0) is 24.8 Å². The zero-order valence-corrected chi connectivity index (χ0v) is 12.2. The third-order valence-corrected chi connectivity index (χ3v) is 2.89. The SMILES string of the molecule is CC(=O)N(O)CCCCCNC(=O)OCc1ccccc1. The van der Waals surface area contributed by atoms with Crippen molar-refractivity contribution in [3.8, 4) is 0 Å². The van der Waals surface area contributed by atoms with Gasteiger partial charge in [-0.3, -0.25) is 10.0 Å². The van der Waals surface area contributed by atoms with Gasteiger partial charge in [0.1, 0.15) is 6.61 Å². The molecule has 0 saturated heterocycles. The molecule has 116 valence electrons. The number of amides is 2. The van der Waals surface area contributed by atoms with Crippen molar-refractivity contribution in [3.05, 3.63) is 35.9 Å². The van der Waals surface area contributed by atoms with Crippen molar-refractivity contribution in [3.63, 3.8) is 0 Å². The van der Waals surface area contributed by atoms with E-state index in [-0.39, 0.29) is 12.5 Å². The first kappa shape index (κ1) is 17.0. The van der Waals surface area contributed by atoms with E-state index in [0.717, 1.165) is 18.4 Å². The van der Waals surface area contributed by atoms with E-state index in [2.05, 4.69) is 5.32 Å². The normalized spacial score (nSPS) is 10.0. The Balaban J connectivity index is 2.00. The quantitative estimate of drug-likeness (QED) is 0.438. The molecule has 0 unspecified atom stereocenters. The number of carbonyl (C=O) groups excluding carboxylic acids is 2. The number of alkyl carbamates (subject to hydrolysis) is 1. The summed E-state index contributed by atoms with van der Waals surface area (Å²) >= 11 is 0. The fraction of sp³-hybridized carbons (Fsp3) is 0.467. The summed E-state index contributed by atoms with van der Waals surface area (Å²) in [4.78, 5) is 22.2. The molecule has 0 aliphatic rings. The Morgan fingerprint density at radius 1 is 1.19 bits per heavy atom. The average molecular weight is 294 g/mol. The minimum absolute atomic E-state index is 0.255. The van der Waals surface area contributed by atoms with Crippen molar-refractivity contribution < 1.29 is 19.5 Å². The van der Waals surface area contributed by atoms with Crippen LogP contribution >= 0.6 is 0 Å². The van der Waals surface area contributed by atoms with Gasteiger partial charge in [-0.1, -0.05) is 30.3 Å². The second-order valence-corrected chi connectivity index (χ2v) is 4.69. The fourth-order valence-corrected chi connectivity index (χ4v) is 1.69. The highest BCUT2D eigenvalue weighted by molar-refractivity contribution is 5.71. The van der Waals surface area contributed by atoms with Crippen LogP contribution in [-0.2, 0) is 16.1 Å². The summed E-state index contributed by atoms with van der Waals surface area (Å²) in [7, 11) is 0. The molecular weight excluding hydrogens is 272 g/mol. The molecule has 6 nitrogen and oxygen atoms in total. The Kier molecular flexibility index (Phi) is 7.89. The third kappa shape index (κ3) is 7.94. The smallest absolute Gasteiger partial charge is 0.407 e. The Morgan fingerprint density at radius 2 is 1.90 bits per heavy atom. The molecule has 0 saturated carbocycles. The number of carbonyl (C=O) groups is 2. The lowest BCUT2D eigenvalue weighted by Gasteiger charge is -2.12. The topological polar surface area (TPSA) is 78.9 Å². The van der Waals surface area contributed by atoms with Crippen molar-refractivity contribution in [1.82, 2.24) is 10.4 Å². The van der Waals surface area contributed by atoms with Crippen LogP contribution < -0.4 is 5.32 Å². The summed E-state index contributed by atoms with van der Waals surface area (Å²) in [5.41, 5.74) is 0.944. The van der Waals surface area contributed by atoms with Crippen LogP contribution in [0.3, 0.4) is 0 Å². The van der Waals surface area contributed by atoms with E-state index < -0.39 is 6.09 Å². The molecule has 0 radical (unpaired) electrons. The van der Waals surface area contributed by atoms with Gasteiger partial charge in [-0.2, -0.15) is 0 Å². The van der Waals surface area contributed by atoms with Gasteiger partial charge in [0.2, 0.25) is 5.91 Å². The molecule has 21 heavy (non-hydrogen) atoms. The predicted octanol–water partition coefficient (Wildman–Crippen LogP) is 2.32. The fourth-order valence-electron chi connectivity index (χ4n) is 1.69. The summed E-state index contributed by atoms with van der Waals surface area (Å²) in [6, 6.07) is 9.47. The van der Waals surface area contributed by atoms with Gasteiger partial charge in [0, 0.05) is 20.0 Å². The first-order chi connectivity index (χ1) is 10.1. The molecule has 0 aromatic heterocycles. The lowest BCUT2D eigenvalue weighted by atomic mass is 10.2. The largest absolute Gasteiger partial charge is 0.445 e. The Labute approximate surface area is 124 Å². The maximum Gasteiger partial charge on any atom is 0.407 e. The van der Waals surface area contributed by atoms with Gasteiger partial charge >= 0.3 is 6.09 Å². The zero-order chi connectivity index (χ0) is 15.5. The maximum atomic E-state index is 11.4. The highest BCUT2D eigenvalue weighted by atomic mass is 16.5. The molecule has 2 amide bonds. The molecule has 2 N–H and O–H groups in total. The monoisotopic (exact) mass is 294 g/mol. The number of rotatable bonds is 8. The first-order valence-electron chi connectivity index (χ1n) is 7.01. The lowest BCUT2D eigenvalue weighted by molar-refractivity contribution is -0.162. The summed E-state index contributed by atoms with van der Waals surface area (Å²) in [6.07, 6.45) is 1.83. The van der Waals surface area contributed by atoms with Crippen LogP contribution in [0.1, 0.15) is 31.7 Å². The third-order valence-electron chi connectivity index (χ3n) is 2.89. The minimum Gasteiger partial charge on any atom is -0.445 e. The number of ether oxygens (including phenoxy) is 1. The Morgan fingerprint density at radius 3 is 2.57 bits per heavy atom. The van der Waals surface area contributed by atoms with Crippen molar-refractivity contribution in [2.45, 2.75) is 32.8 Å². The summed E-state index contributed by atoms with van der Waals surface area (Å²) in [5, 5.41) is 12.5. The van der Waals surface area contributed by atoms with Crippen LogP contribution in [0, 0.1) is 0 Å². The van der Waals surface area contributed by atoms with Crippen LogP contribution in [0.15, 0.2) is 30.3 Å². The van der Waals surface area contributed by atoms with Crippen molar-refractivity contribution >= 4 is 12.0 Å². The molecule has 1 rings (SSSR count). The summed E-state index contributed by atoms with van der Waals surface area (Å²) in [5.74, 6) is -0.363. The summed E-state index contributed by atoms with van der Waals surface area (Å²) < 4.78 is 5.06. The molecule has 0 spiro atoms. The molecule has 0 aliphatic carbocycles. The number of nitrogens with one attached hydrogen (secondary N) is 1. The lowest BCUT2D eigenvalue weighted by Crippen LogP contribution is -2.27. The Bertz CT molecular complexity index is 437. The van der Waals surface area contributed by atoms with Gasteiger partial charge in [0.25, 0.3) is 0 Å². The standard InChI is InChI=1S/C15H22N2O4/c1-13(18)17(20)11-7-3-6-10-16-15(19)21-12-14-8-4-2-5-9-14/h2,4-5,8-9,20H,3,6-7,10-12H2,1H3,(H,16,19). The van der Waals surface area contributed by atoms with E-state index in [1.807, 2.05) is 30.3 Å². The van der Waals surface area contributed by atoms with E-state index in [4.69, 9.17) is 9.94 Å². The van der Waals surface area contributed by atoms with Gasteiger partial charge < -0.3 is 10.1 Å². The van der Waals surface area contributed by atoms with Gasteiger partial charge in [-0.25, -0.2) is 9.86 Å². The van der Waals surface area contributed by atoms with Crippen LogP contribution in [0.5, 0.6) is 0 Å². The number of benzene rings is 1. The van der Waals surface area contributed by atoms with Crippen LogP contribution in [0.25, 0.3) is 0 Å². The molecular formula is C15H22N2O4. The number of hydroxylamine groups is 2. The van der Waals surface area contributed by atoms with E-state index in [9.17, 15) is 9.59 Å². The highest BCUT2D eigenvalue weighted by Crippen LogP contribution is 2.01. The van der Waals surface area contributed by atoms with E-state index >= 15 is 0 Å². The molecule has 0 bridgehead atoms. The minimum atomic E-state index is -0.439. The molecule has 0 aliphatic heterocycles. The molecule has 6 heteroatoms. The van der Waals surface area contributed by atoms with Crippen LogP contribution in [0.2, 0.25) is 0 Å². The maximum absolute atomic E-state index is 11.4. The molecule has 0 heterocycles. The van der Waals surface area contributed by atoms with Crippen molar-refractivity contribution in [1.29, 1.82) is 0 Å². The zero-order valence-electron chi connectivity index (χ0n) is 12.2. The van der Waals surface area contributed by atoms with E-state index in [0.29, 0.717) is 24.6 Å². The Hall–Kier alpha value is -2.08. The van der Waals surface area contributed by atoms with Gasteiger partial charge in [-0.15, -0.1) is 0 Å². The predicted molar refractivity (Wildman–Crippen MR) is 77.7 cm³/mol. The number of nitrogens with zero attached hydrogens (tertiary/aromatic N) is 1. The van der Waals surface area contributed by atoms with Gasteiger partial charge in [0.15, 0.2) is 0 Å². The second-order valence-electron chi connectivity index (χ2n) is 4.69. The molecule has 0 atom stereocenters. The summed E-state index contributed by atoms with van der Waals surface area (Å²) in [6.45, 7) is 2.39. The molecule has 1 aromatic rings. The first-order valence-corrected chi connectivity index (χ1v) is 7.01. The van der Waals surface area contributed by atoms with Gasteiger partial charge in [0.05, 0.1) is 0 Å².